The molecule has 164 valence electrons. The van der Waals surface area contributed by atoms with Gasteiger partial charge in [-0.3, -0.25) is 4.79 Å². The van der Waals surface area contributed by atoms with Crippen molar-refractivity contribution < 1.29 is 18.0 Å². The van der Waals surface area contributed by atoms with Gasteiger partial charge in [-0.15, -0.1) is 24.0 Å². The normalized spacial score (nSPS) is 11.4. The van der Waals surface area contributed by atoms with Crippen LogP contribution in [0.2, 0.25) is 0 Å². The fraction of sp³-hybridized carbons (Fsp3) is 0.333. The summed E-state index contributed by atoms with van der Waals surface area (Å²) in [7, 11) is 0. The number of carbonyl (C=O) groups is 1. The van der Waals surface area contributed by atoms with Crippen LogP contribution in [-0.2, 0) is 23.9 Å². The third-order valence-corrected chi connectivity index (χ3v) is 4.00. The SMILES string of the molecule is CCNC(=NCc1cccc(C(F)(F)F)c1)NCCc1ccc(NC(C)=O)cc1.I. The molecule has 9 heteroatoms. The van der Waals surface area contributed by atoms with Crippen molar-refractivity contribution in [2.45, 2.75) is 33.0 Å². The van der Waals surface area contributed by atoms with E-state index in [1.807, 2.05) is 31.2 Å². The van der Waals surface area contributed by atoms with E-state index in [4.69, 9.17) is 0 Å². The number of carbonyl (C=O) groups excluding carboxylic acids is 1. The number of guanidine groups is 1. The predicted octanol–water partition coefficient (Wildman–Crippen LogP) is 4.58. The maximum atomic E-state index is 12.8. The summed E-state index contributed by atoms with van der Waals surface area (Å²) in [6.45, 7) is 4.76. The lowest BCUT2D eigenvalue weighted by Crippen LogP contribution is -2.38. The van der Waals surface area contributed by atoms with Crippen molar-refractivity contribution in [1.82, 2.24) is 10.6 Å². The summed E-state index contributed by atoms with van der Waals surface area (Å²) in [5, 5.41) is 8.98. The molecule has 0 aliphatic carbocycles. The highest BCUT2D eigenvalue weighted by Gasteiger charge is 2.30. The third kappa shape index (κ3) is 9.02. The first-order valence-corrected chi connectivity index (χ1v) is 9.32. The lowest BCUT2D eigenvalue weighted by Gasteiger charge is -2.12. The van der Waals surface area contributed by atoms with Gasteiger partial charge in [0.1, 0.15) is 0 Å². The van der Waals surface area contributed by atoms with E-state index in [1.54, 1.807) is 6.07 Å². The number of anilines is 1. The van der Waals surface area contributed by atoms with E-state index in [0.29, 0.717) is 24.6 Å². The molecule has 0 bridgehead atoms. The van der Waals surface area contributed by atoms with Crippen LogP contribution in [0, 0.1) is 0 Å². The van der Waals surface area contributed by atoms with Crippen molar-refractivity contribution in [3.63, 3.8) is 0 Å². The summed E-state index contributed by atoms with van der Waals surface area (Å²) in [4.78, 5) is 15.4. The zero-order valence-electron chi connectivity index (χ0n) is 16.8. The minimum Gasteiger partial charge on any atom is -0.357 e. The molecule has 0 unspecified atom stereocenters. The molecule has 5 nitrogen and oxygen atoms in total. The van der Waals surface area contributed by atoms with Crippen LogP contribution in [-0.4, -0.2) is 25.0 Å². The number of benzene rings is 2. The molecular weight excluding hydrogens is 508 g/mol. The van der Waals surface area contributed by atoms with Gasteiger partial charge in [-0.1, -0.05) is 24.3 Å². The maximum absolute atomic E-state index is 12.8. The van der Waals surface area contributed by atoms with Crippen LogP contribution in [0.3, 0.4) is 0 Å². The minimum absolute atomic E-state index is 0. The number of alkyl halides is 3. The van der Waals surface area contributed by atoms with Gasteiger partial charge in [0.2, 0.25) is 5.91 Å². The molecule has 0 aliphatic heterocycles. The van der Waals surface area contributed by atoms with Gasteiger partial charge in [0.15, 0.2) is 5.96 Å². The van der Waals surface area contributed by atoms with Gasteiger partial charge in [-0.05, 0) is 48.7 Å². The first kappa shape index (κ1) is 25.7. The zero-order chi connectivity index (χ0) is 21.3. The summed E-state index contributed by atoms with van der Waals surface area (Å²) in [5.41, 5.74) is 1.64. The standard InChI is InChI=1S/C21H25F3N4O.HI/c1-3-25-20(27-14-17-5-4-6-18(13-17)21(22,23)24)26-12-11-16-7-9-19(10-8-16)28-15(2)29;/h4-10,13H,3,11-12,14H2,1-2H3,(H,28,29)(H2,25,26,27);1H. The van der Waals surface area contributed by atoms with Gasteiger partial charge in [-0.25, -0.2) is 4.99 Å². The topological polar surface area (TPSA) is 65.5 Å². The Bertz CT molecular complexity index is 839. The molecule has 0 spiro atoms. The maximum Gasteiger partial charge on any atom is 0.416 e. The zero-order valence-corrected chi connectivity index (χ0v) is 19.2. The third-order valence-electron chi connectivity index (χ3n) is 4.00. The average molecular weight is 534 g/mol. The average Bonchev–Trinajstić information content (AvgIpc) is 2.66. The molecule has 30 heavy (non-hydrogen) atoms. The van der Waals surface area contributed by atoms with Crippen molar-refractivity contribution in [3.05, 3.63) is 65.2 Å². The molecule has 1 amide bonds. The van der Waals surface area contributed by atoms with E-state index in [9.17, 15) is 18.0 Å². The monoisotopic (exact) mass is 534 g/mol. The quantitative estimate of drug-likeness (QED) is 0.277. The van der Waals surface area contributed by atoms with Gasteiger partial charge in [-0.2, -0.15) is 13.2 Å². The highest BCUT2D eigenvalue weighted by Crippen LogP contribution is 2.29. The predicted molar refractivity (Wildman–Crippen MR) is 124 cm³/mol. The molecule has 0 aliphatic rings. The van der Waals surface area contributed by atoms with Gasteiger partial charge < -0.3 is 16.0 Å². The number of hydrogen-bond acceptors (Lipinski definition) is 2. The Kier molecular flexibility index (Phi) is 10.6. The molecule has 3 N–H and O–H groups in total. The Labute approximate surface area is 191 Å². The fourth-order valence-electron chi connectivity index (χ4n) is 2.64. The number of nitrogens with one attached hydrogen (secondary N) is 3. The van der Waals surface area contributed by atoms with Crippen molar-refractivity contribution in [2.75, 3.05) is 18.4 Å². The molecular formula is C21H26F3IN4O. The van der Waals surface area contributed by atoms with E-state index >= 15 is 0 Å². The van der Waals surface area contributed by atoms with Crippen molar-refractivity contribution >= 4 is 41.5 Å². The number of nitrogens with zero attached hydrogens (tertiary/aromatic N) is 1. The van der Waals surface area contributed by atoms with E-state index in [-0.39, 0.29) is 36.4 Å². The lowest BCUT2D eigenvalue weighted by atomic mass is 10.1. The molecule has 0 saturated carbocycles. The highest BCUT2D eigenvalue weighted by atomic mass is 127. The second kappa shape index (κ2) is 12.4. The Morgan fingerprint density at radius 3 is 2.33 bits per heavy atom. The Morgan fingerprint density at radius 1 is 1.03 bits per heavy atom. The molecule has 0 atom stereocenters. The minimum atomic E-state index is -4.36. The summed E-state index contributed by atoms with van der Waals surface area (Å²) in [6.07, 6.45) is -3.63. The smallest absolute Gasteiger partial charge is 0.357 e. The van der Waals surface area contributed by atoms with Gasteiger partial charge in [0.25, 0.3) is 0 Å². The van der Waals surface area contributed by atoms with Crippen molar-refractivity contribution in [3.8, 4) is 0 Å². The second-order valence-corrected chi connectivity index (χ2v) is 6.45. The van der Waals surface area contributed by atoms with Crippen LogP contribution in [0.5, 0.6) is 0 Å². The number of rotatable bonds is 7. The van der Waals surface area contributed by atoms with E-state index in [0.717, 1.165) is 29.8 Å². The number of aliphatic imine (C=N–C) groups is 1. The summed E-state index contributed by atoms with van der Waals surface area (Å²) in [6, 6.07) is 12.7. The van der Waals surface area contributed by atoms with E-state index in [2.05, 4.69) is 20.9 Å². The Hall–Kier alpha value is -2.30. The summed E-state index contributed by atoms with van der Waals surface area (Å²) in [5.74, 6) is 0.423. The van der Waals surface area contributed by atoms with E-state index in [1.165, 1.54) is 13.0 Å². The molecule has 2 rings (SSSR count). The molecule has 0 heterocycles. The van der Waals surface area contributed by atoms with Crippen molar-refractivity contribution in [2.24, 2.45) is 4.99 Å². The molecule has 2 aromatic carbocycles. The molecule has 0 aromatic heterocycles. The summed E-state index contributed by atoms with van der Waals surface area (Å²) < 4.78 is 38.5. The largest absolute Gasteiger partial charge is 0.416 e. The molecule has 0 radical (unpaired) electrons. The highest BCUT2D eigenvalue weighted by molar-refractivity contribution is 14.0. The number of amides is 1. The van der Waals surface area contributed by atoms with Crippen LogP contribution in [0.1, 0.15) is 30.5 Å². The van der Waals surface area contributed by atoms with Crippen LogP contribution in [0.15, 0.2) is 53.5 Å². The van der Waals surface area contributed by atoms with Gasteiger partial charge >= 0.3 is 6.18 Å². The van der Waals surface area contributed by atoms with Gasteiger partial charge in [0, 0.05) is 25.7 Å². The fourth-order valence-corrected chi connectivity index (χ4v) is 2.64. The van der Waals surface area contributed by atoms with Crippen LogP contribution < -0.4 is 16.0 Å². The van der Waals surface area contributed by atoms with E-state index < -0.39 is 11.7 Å². The van der Waals surface area contributed by atoms with Crippen LogP contribution in [0.25, 0.3) is 0 Å². The Morgan fingerprint density at radius 2 is 1.73 bits per heavy atom. The summed E-state index contributed by atoms with van der Waals surface area (Å²) >= 11 is 0. The first-order valence-electron chi connectivity index (χ1n) is 9.32. The lowest BCUT2D eigenvalue weighted by molar-refractivity contribution is -0.137. The molecule has 0 fully saturated rings. The molecule has 0 saturated heterocycles. The van der Waals surface area contributed by atoms with Crippen LogP contribution >= 0.6 is 24.0 Å². The van der Waals surface area contributed by atoms with Gasteiger partial charge in [0.05, 0.1) is 12.1 Å². The number of halogens is 4. The number of hydrogen-bond donors (Lipinski definition) is 3. The Balaban J connectivity index is 0.00000450. The molecule has 2 aromatic rings. The first-order chi connectivity index (χ1) is 13.8. The van der Waals surface area contributed by atoms with Crippen LogP contribution in [0.4, 0.5) is 18.9 Å². The second-order valence-electron chi connectivity index (χ2n) is 6.45. The van der Waals surface area contributed by atoms with Crippen molar-refractivity contribution in [1.29, 1.82) is 0 Å².